The van der Waals surface area contributed by atoms with Gasteiger partial charge in [0.15, 0.2) is 5.65 Å². The minimum absolute atomic E-state index is 0.0140. The number of alkyl halides is 2. The SMILES string of the molecule is Cc1ccccc1[C@@H]1CCCN1C(=O)c1cnn2c(C(F)F)cc(C3CC3)nc12. The molecule has 2 aliphatic rings. The molecular weight excluding hydrogens is 374 g/mol. The molecule has 1 saturated heterocycles. The molecule has 1 amide bonds. The Morgan fingerprint density at radius 3 is 2.72 bits per heavy atom. The van der Waals surface area contributed by atoms with E-state index in [1.54, 1.807) is 0 Å². The van der Waals surface area contributed by atoms with Gasteiger partial charge in [-0.05, 0) is 49.8 Å². The number of aryl methyl sites for hydroxylation is 1. The van der Waals surface area contributed by atoms with Crippen LogP contribution in [0.4, 0.5) is 8.78 Å². The van der Waals surface area contributed by atoms with Gasteiger partial charge in [0.25, 0.3) is 12.3 Å². The molecule has 5 nitrogen and oxygen atoms in total. The first-order valence-electron chi connectivity index (χ1n) is 10.1. The first kappa shape index (κ1) is 18.2. The van der Waals surface area contributed by atoms with Crippen LogP contribution in [0.1, 0.15) is 76.9 Å². The molecule has 3 aromatic rings. The molecule has 0 radical (unpaired) electrons. The number of hydrogen-bond acceptors (Lipinski definition) is 3. The summed E-state index contributed by atoms with van der Waals surface area (Å²) in [6, 6.07) is 9.49. The molecule has 29 heavy (non-hydrogen) atoms. The van der Waals surface area contributed by atoms with Crippen molar-refractivity contribution < 1.29 is 13.6 Å². The average Bonchev–Trinajstić information content (AvgIpc) is 3.30. The number of aromatic nitrogens is 3. The van der Waals surface area contributed by atoms with E-state index in [4.69, 9.17) is 0 Å². The Hall–Kier alpha value is -2.83. The number of benzene rings is 1. The van der Waals surface area contributed by atoms with Gasteiger partial charge < -0.3 is 4.90 Å². The van der Waals surface area contributed by atoms with Crippen molar-refractivity contribution in [3.63, 3.8) is 0 Å². The summed E-state index contributed by atoms with van der Waals surface area (Å²) in [5.41, 5.74) is 3.26. The van der Waals surface area contributed by atoms with E-state index in [-0.39, 0.29) is 29.2 Å². The molecule has 150 valence electrons. The molecule has 0 unspecified atom stereocenters. The highest BCUT2D eigenvalue weighted by Crippen LogP contribution is 2.41. The van der Waals surface area contributed by atoms with Crippen molar-refractivity contribution in [3.05, 3.63) is 64.6 Å². The van der Waals surface area contributed by atoms with Gasteiger partial charge in [0, 0.05) is 18.2 Å². The van der Waals surface area contributed by atoms with E-state index in [0.29, 0.717) is 17.8 Å². The second-order valence-electron chi connectivity index (χ2n) is 7.99. The van der Waals surface area contributed by atoms with Crippen molar-refractivity contribution in [1.29, 1.82) is 0 Å². The van der Waals surface area contributed by atoms with Crippen molar-refractivity contribution in [2.24, 2.45) is 0 Å². The number of halogens is 2. The Morgan fingerprint density at radius 2 is 2.00 bits per heavy atom. The van der Waals surface area contributed by atoms with Crippen LogP contribution in [0, 0.1) is 6.92 Å². The zero-order chi connectivity index (χ0) is 20.1. The molecule has 2 aromatic heterocycles. The standard InChI is InChI=1S/C22H22F2N4O/c1-13-5-2-3-6-15(13)18-7-4-10-27(18)22(29)16-12-25-28-19(20(23)24)11-17(14-8-9-14)26-21(16)28/h2-3,5-6,11-12,14,18,20H,4,7-10H2,1H3/t18-/m0/s1. The van der Waals surface area contributed by atoms with E-state index >= 15 is 0 Å². The Bertz CT molecular complexity index is 1090. The zero-order valence-electron chi connectivity index (χ0n) is 16.2. The van der Waals surface area contributed by atoms with Crippen LogP contribution in [0.3, 0.4) is 0 Å². The van der Waals surface area contributed by atoms with E-state index in [0.717, 1.165) is 41.3 Å². The lowest BCUT2D eigenvalue weighted by Crippen LogP contribution is -2.31. The number of likely N-dealkylation sites (tertiary alicyclic amines) is 1. The van der Waals surface area contributed by atoms with Crippen LogP contribution < -0.4 is 0 Å². The molecule has 0 bridgehead atoms. The second-order valence-corrected chi connectivity index (χ2v) is 7.99. The van der Waals surface area contributed by atoms with Crippen molar-refractivity contribution in [2.75, 3.05) is 6.54 Å². The Balaban J connectivity index is 1.56. The Kier molecular flexibility index (Phi) is 4.33. The molecule has 1 aliphatic carbocycles. The summed E-state index contributed by atoms with van der Waals surface area (Å²) in [6.07, 6.45) is 2.41. The molecule has 3 heterocycles. The quantitative estimate of drug-likeness (QED) is 0.635. The second kappa shape index (κ2) is 6.90. The fourth-order valence-corrected chi connectivity index (χ4v) is 4.35. The lowest BCUT2D eigenvalue weighted by atomic mass is 9.99. The minimum Gasteiger partial charge on any atom is -0.331 e. The van der Waals surface area contributed by atoms with Crippen molar-refractivity contribution in [3.8, 4) is 0 Å². The third kappa shape index (κ3) is 3.09. The number of carbonyl (C=O) groups is 1. The van der Waals surface area contributed by atoms with Gasteiger partial charge in [0.2, 0.25) is 0 Å². The molecule has 1 aliphatic heterocycles. The van der Waals surface area contributed by atoms with Crippen LogP contribution in [0.5, 0.6) is 0 Å². The lowest BCUT2D eigenvalue weighted by Gasteiger charge is -2.26. The van der Waals surface area contributed by atoms with Gasteiger partial charge in [-0.25, -0.2) is 18.3 Å². The third-order valence-electron chi connectivity index (χ3n) is 6.03. The summed E-state index contributed by atoms with van der Waals surface area (Å²) in [5, 5.41) is 4.10. The first-order chi connectivity index (χ1) is 14.0. The number of amides is 1. The largest absolute Gasteiger partial charge is 0.331 e. The molecule has 2 fully saturated rings. The smallest absolute Gasteiger partial charge is 0.280 e. The maximum absolute atomic E-state index is 13.6. The van der Waals surface area contributed by atoms with Crippen LogP contribution >= 0.6 is 0 Å². The molecule has 1 aromatic carbocycles. The van der Waals surface area contributed by atoms with Crippen molar-refractivity contribution >= 4 is 11.6 Å². The molecule has 1 saturated carbocycles. The van der Waals surface area contributed by atoms with E-state index in [1.807, 2.05) is 30.0 Å². The van der Waals surface area contributed by atoms with Gasteiger partial charge in [-0.3, -0.25) is 4.79 Å². The topological polar surface area (TPSA) is 50.5 Å². The molecule has 0 spiro atoms. The lowest BCUT2D eigenvalue weighted by molar-refractivity contribution is 0.0737. The van der Waals surface area contributed by atoms with Crippen LogP contribution in [-0.4, -0.2) is 31.9 Å². The molecule has 7 heteroatoms. The first-order valence-corrected chi connectivity index (χ1v) is 10.1. The molecule has 1 atom stereocenters. The highest BCUT2D eigenvalue weighted by Gasteiger charge is 2.34. The van der Waals surface area contributed by atoms with Crippen molar-refractivity contribution in [2.45, 2.75) is 51.0 Å². The predicted molar refractivity (Wildman–Crippen MR) is 104 cm³/mol. The Labute approximate surface area is 167 Å². The third-order valence-corrected chi connectivity index (χ3v) is 6.03. The van der Waals surface area contributed by atoms with E-state index in [1.165, 1.54) is 12.3 Å². The highest BCUT2D eigenvalue weighted by molar-refractivity contribution is 6.00. The number of rotatable bonds is 4. The fourth-order valence-electron chi connectivity index (χ4n) is 4.35. The van der Waals surface area contributed by atoms with Crippen LogP contribution in [0.2, 0.25) is 0 Å². The van der Waals surface area contributed by atoms with Gasteiger partial charge in [-0.15, -0.1) is 0 Å². The molecule has 5 rings (SSSR count). The van der Waals surface area contributed by atoms with Gasteiger partial charge >= 0.3 is 0 Å². The minimum atomic E-state index is -2.67. The monoisotopic (exact) mass is 396 g/mol. The maximum Gasteiger partial charge on any atom is 0.280 e. The summed E-state index contributed by atoms with van der Waals surface area (Å²) in [6.45, 7) is 2.68. The van der Waals surface area contributed by atoms with Gasteiger partial charge in [-0.1, -0.05) is 24.3 Å². The molecular formula is C22H22F2N4O. The summed E-state index contributed by atoms with van der Waals surface area (Å²) in [7, 11) is 0. The Morgan fingerprint density at radius 1 is 1.21 bits per heavy atom. The van der Waals surface area contributed by atoms with Gasteiger partial charge in [0.1, 0.15) is 11.3 Å². The predicted octanol–water partition coefficient (Wildman–Crippen LogP) is 4.83. The van der Waals surface area contributed by atoms with Crippen molar-refractivity contribution in [1.82, 2.24) is 19.5 Å². The van der Waals surface area contributed by atoms with Gasteiger partial charge in [0.05, 0.1) is 12.2 Å². The maximum atomic E-state index is 13.6. The van der Waals surface area contributed by atoms with E-state index in [2.05, 4.69) is 16.1 Å². The summed E-state index contributed by atoms with van der Waals surface area (Å²) < 4.78 is 28.4. The number of fused-ring (bicyclic) bond motifs is 1. The highest BCUT2D eigenvalue weighted by atomic mass is 19.3. The number of nitrogens with zero attached hydrogens (tertiary/aromatic N) is 4. The average molecular weight is 396 g/mol. The van der Waals surface area contributed by atoms with E-state index in [9.17, 15) is 13.6 Å². The summed E-state index contributed by atoms with van der Waals surface area (Å²) in [5.74, 6) is 0.0215. The zero-order valence-corrected chi connectivity index (χ0v) is 16.2. The van der Waals surface area contributed by atoms with Gasteiger partial charge in [-0.2, -0.15) is 5.10 Å². The summed E-state index contributed by atoms with van der Waals surface area (Å²) >= 11 is 0. The van der Waals surface area contributed by atoms with Crippen LogP contribution in [0.15, 0.2) is 36.5 Å². The number of carbonyl (C=O) groups excluding carboxylic acids is 1. The normalized spacial score (nSPS) is 19.4. The van der Waals surface area contributed by atoms with E-state index < -0.39 is 6.43 Å². The van der Waals surface area contributed by atoms with Crippen LogP contribution in [0.25, 0.3) is 5.65 Å². The number of hydrogen-bond donors (Lipinski definition) is 0. The van der Waals surface area contributed by atoms with Crippen LogP contribution in [-0.2, 0) is 0 Å². The summed E-state index contributed by atoms with van der Waals surface area (Å²) in [4.78, 5) is 19.8. The molecule has 0 N–H and O–H groups in total. The fraction of sp³-hybridized carbons (Fsp3) is 0.409.